The van der Waals surface area contributed by atoms with E-state index >= 15 is 0 Å². The molecule has 0 bridgehead atoms. The number of anilines is 1. The number of ether oxygens (including phenoxy) is 1. The molecule has 0 amide bonds. The summed E-state index contributed by atoms with van der Waals surface area (Å²) in [6, 6.07) is 1.85. The van der Waals surface area contributed by atoms with Crippen LogP contribution in [0.5, 0.6) is 11.8 Å². The molecule has 0 radical (unpaired) electrons. The molecule has 0 aliphatic carbocycles. The summed E-state index contributed by atoms with van der Waals surface area (Å²) >= 11 is 3.43. The largest absolute Gasteiger partial charge is 0.420 e. The van der Waals surface area contributed by atoms with Crippen molar-refractivity contribution in [2.45, 2.75) is 13.8 Å². The van der Waals surface area contributed by atoms with Crippen molar-refractivity contribution >= 4 is 21.7 Å². The van der Waals surface area contributed by atoms with Crippen LogP contribution in [0.2, 0.25) is 0 Å². The van der Waals surface area contributed by atoms with E-state index in [9.17, 15) is 0 Å². The lowest BCUT2D eigenvalue weighted by molar-refractivity contribution is 0.412. The molecule has 0 fully saturated rings. The van der Waals surface area contributed by atoms with E-state index < -0.39 is 0 Å². The van der Waals surface area contributed by atoms with Gasteiger partial charge in [0.2, 0.25) is 11.8 Å². The van der Waals surface area contributed by atoms with Gasteiger partial charge in [0.05, 0.1) is 5.69 Å². The summed E-state index contributed by atoms with van der Waals surface area (Å²) in [5.41, 5.74) is 0.893. The number of aromatic nitrogens is 4. The van der Waals surface area contributed by atoms with E-state index in [-0.39, 0.29) is 0 Å². The molecule has 0 aromatic carbocycles. The fraction of sp³-hybridized carbons (Fsp3) is 0.364. The van der Waals surface area contributed by atoms with Gasteiger partial charge in [-0.05, 0) is 29.8 Å². The van der Waals surface area contributed by atoms with Gasteiger partial charge in [0, 0.05) is 19.7 Å². The number of hydrogen-bond donors (Lipinski definition) is 1. The first kappa shape index (κ1) is 12.8. The zero-order chi connectivity index (χ0) is 13.1. The van der Waals surface area contributed by atoms with Crippen LogP contribution in [0.4, 0.5) is 5.82 Å². The van der Waals surface area contributed by atoms with Crippen molar-refractivity contribution in [2.24, 2.45) is 7.05 Å². The smallest absolute Gasteiger partial charge is 0.240 e. The highest BCUT2D eigenvalue weighted by Crippen LogP contribution is 2.31. The van der Waals surface area contributed by atoms with Crippen LogP contribution in [0.3, 0.4) is 0 Å². The average Bonchev–Trinajstić information content (AvgIpc) is 2.63. The lowest BCUT2D eigenvalue weighted by Gasteiger charge is -2.09. The maximum absolute atomic E-state index is 5.71. The van der Waals surface area contributed by atoms with Crippen LogP contribution in [-0.4, -0.2) is 26.3 Å². The topological polar surface area (TPSA) is 64.9 Å². The first-order chi connectivity index (χ1) is 8.61. The summed E-state index contributed by atoms with van der Waals surface area (Å²) in [5, 5.41) is 7.33. The SMILES string of the molecule is CCNc1ncnc(Oc2cc(C)nn2C)c1Br. The fourth-order valence-electron chi connectivity index (χ4n) is 1.50. The maximum atomic E-state index is 5.71. The third kappa shape index (κ3) is 2.61. The van der Waals surface area contributed by atoms with Crippen molar-refractivity contribution < 1.29 is 4.74 Å². The summed E-state index contributed by atoms with van der Waals surface area (Å²) in [6.07, 6.45) is 1.46. The second-order valence-electron chi connectivity index (χ2n) is 3.72. The highest BCUT2D eigenvalue weighted by atomic mass is 79.9. The number of nitrogens with one attached hydrogen (secondary N) is 1. The Labute approximate surface area is 114 Å². The van der Waals surface area contributed by atoms with Crippen LogP contribution in [0, 0.1) is 6.92 Å². The molecule has 1 N–H and O–H groups in total. The highest BCUT2D eigenvalue weighted by molar-refractivity contribution is 9.10. The Hall–Kier alpha value is -1.63. The highest BCUT2D eigenvalue weighted by Gasteiger charge is 2.12. The molecule has 2 aromatic rings. The molecule has 2 heterocycles. The van der Waals surface area contributed by atoms with Gasteiger partial charge in [0.15, 0.2) is 0 Å². The van der Waals surface area contributed by atoms with Gasteiger partial charge in [0.25, 0.3) is 0 Å². The third-order valence-corrected chi connectivity index (χ3v) is 2.98. The van der Waals surface area contributed by atoms with E-state index in [0.717, 1.165) is 12.2 Å². The third-order valence-electron chi connectivity index (χ3n) is 2.26. The molecular weight excluding hydrogens is 298 g/mol. The van der Waals surface area contributed by atoms with E-state index in [1.165, 1.54) is 6.33 Å². The molecule has 2 rings (SSSR count). The second kappa shape index (κ2) is 5.34. The maximum Gasteiger partial charge on any atom is 0.240 e. The summed E-state index contributed by atoms with van der Waals surface area (Å²) in [5.74, 6) is 1.81. The van der Waals surface area contributed by atoms with Crippen LogP contribution < -0.4 is 10.1 Å². The quantitative estimate of drug-likeness (QED) is 0.940. The molecule has 6 nitrogen and oxygen atoms in total. The molecule has 0 aliphatic heterocycles. The predicted octanol–water partition coefficient (Wildman–Crippen LogP) is 2.51. The van der Waals surface area contributed by atoms with Gasteiger partial charge in [-0.15, -0.1) is 0 Å². The number of nitrogens with zero attached hydrogens (tertiary/aromatic N) is 4. The van der Waals surface area contributed by atoms with E-state index in [1.54, 1.807) is 4.68 Å². The lowest BCUT2D eigenvalue weighted by Crippen LogP contribution is -2.03. The van der Waals surface area contributed by atoms with Gasteiger partial charge >= 0.3 is 0 Å². The van der Waals surface area contributed by atoms with Crippen molar-refractivity contribution in [2.75, 3.05) is 11.9 Å². The van der Waals surface area contributed by atoms with Gasteiger partial charge in [0.1, 0.15) is 16.6 Å². The van der Waals surface area contributed by atoms with Gasteiger partial charge in [-0.25, -0.2) is 14.6 Å². The molecule has 0 aliphatic rings. The van der Waals surface area contributed by atoms with Crippen LogP contribution >= 0.6 is 15.9 Å². The molecule has 0 spiro atoms. The minimum absolute atomic E-state index is 0.462. The van der Waals surface area contributed by atoms with Crippen molar-refractivity contribution in [3.63, 3.8) is 0 Å². The second-order valence-corrected chi connectivity index (χ2v) is 4.51. The monoisotopic (exact) mass is 311 g/mol. The van der Waals surface area contributed by atoms with Crippen LogP contribution in [-0.2, 0) is 7.05 Å². The van der Waals surface area contributed by atoms with Crippen LogP contribution in [0.25, 0.3) is 0 Å². The van der Waals surface area contributed by atoms with E-state index in [2.05, 4.69) is 36.3 Å². The average molecular weight is 312 g/mol. The first-order valence-electron chi connectivity index (χ1n) is 5.54. The number of aryl methyl sites for hydroxylation is 2. The van der Waals surface area contributed by atoms with Crippen LogP contribution in [0.15, 0.2) is 16.9 Å². The Morgan fingerprint density at radius 2 is 2.22 bits per heavy atom. The molecule has 2 aromatic heterocycles. The van der Waals surface area contributed by atoms with E-state index in [1.807, 2.05) is 27.0 Å². The van der Waals surface area contributed by atoms with Gasteiger partial charge in [-0.1, -0.05) is 0 Å². The number of halogens is 1. The van der Waals surface area contributed by atoms with Gasteiger partial charge in [-0.3, -0.25) is 0 Å². The Kier molecular flexibility index (Phi) is 3.81. The zero-order valence-corrected chi connectivity index (χ0v) is 12.0. The Morgan fingerprint density at radius 3 is 2.83 bits per heavy atom. The van der Waals surface area contributed by atoms with Crippen molar-refractivity contribution in [1.82, 2.24) is 19.7 Å². The molecule has 0 atom stereocenters. The normalized spacial score (nSPS) is 10.4. The molecule has 0 saturated heterocycles. The summed E-state index contributed by atoms with van der Waals surface area (Å²) in [7, 11) is 1.82. The molecular formula is C11H14BrN5O. The number of rotatable bonds is 4. The molecule has 0 unspecified atom stereocenters. The molecule has 18 heavy (non-hydrogen) atoms. The first-order valence-corrected chi connectivity index (χ1v) is 6.34. The predicted molar refractivity (Wildman–Crippen MR) is 71.9 cm³/mol. The Morgan fingerprint density at radius 1 is 1.44 bits per heavy atom. The minimum atomic E-state index is 0.462. The number of hydrogen-bond acceptors (Lipinski definition) is 5. The Balaban J connectivity index is 2.29. The zero-order valence-electron chi connectivity index (χ0n) is 10.4. The summed E-state index contributed by atoms with van der Waals surface area (Å²) < 4.78 is 8.07. The van der Waals surface area contributed by atoms with Crippen molar-refractivity contribution in [1.29, 1.82) is 0 Å². The van der Waals surface area contributed by atoms with Crippen molar-refractivity contribution in [3.8, 4) is 11.8 Å². The van der Waals surface area contributed by atoms with Crippen molar-refractivity contribution in [3.05, 3.63) is 22.6 Å². The Bertz CT molecular complexity index is 554. The standard InChI is InChI=1S/C11H14BrN5O/c1-4-13-10-9(12)11(15-6-14-10)18-8-5-7(2)16-17(8)3/h5-6H,4H2,1-3H3,(H,13,14,15). The van der Waals surface area contributed by atoms with E-state index in [4.69, 9.17) is 4.74 Å². The lowest BCUT2D eigenvalue weighted by atomic mass is 10.5. The fourth-order valence-corrected chi connectivity index (χ4v) is 1.92. The van der Waals surface area contributed by atoms with Gasteiger partial charge in [-0.2, -0.15) is 5.10 Å². The van der Waals surface area contributed by atoms with Crippen LogP contribution in [0.1, 0.15) is 12.6 Å². The molecule has 96 valence electrons. The minimum Gasteiger partial charge on any atom is -0.420 e. The van der Waals surface area contributed by atoms with E-state index in [0.29, 0.717) is 22.1 Å². The molecule has 7 heteroatoms. The molecule has 0 saturated carbocycles. The van der Waals surface area contributed by atoms with Gasteiger partial charge < -0.3 is 10.1 Å². The summed E-state index contributed by atoms with van der Waals surface area (Å²) in [4.78, 5) is 8.23. The summed E-state index contributed by atoms with van der Waals surface area (Å²) in [6.45, 7) is 4.69.